The number of aromatic nitrogens is 1. The van der Waals surface area contributed by atoms with E-state index in [9.17, 15) is 9.59 Å². The standard InChI is InChI=1S/C18H21N3O2S/c1-10-17(12-3-5-21(10)6-4-12)20-18(23)14-8-16-13(9-19-14)7-15(24-16)11(2)22/h7-10,12,17H,3-6H2,1-2H3,(H,20,23)/t10-,17-/m0/s1. The second kappa shape index (κ2) is 5.93. The number of Topliss-reactive ketones (excluding diaryl/α,β-unsaturated/α-hetero) is 1. The lowest BCUT2D eigenvalue weighted by atomic mass is 9.79. The fourth-order valence-electron chi connectivity index (χ4n) is 4.00. The first kappa shape index (κ1) is 15.7. The van der Waals surface area contributed by atoms with Gasteiger partial charge in [-0.1, -0.05) is 0 Å². The van der Waals surface area contributed by atoms with Crippen molar-refractivity contribution in [1.82, 2.24) is 15.2 Å². The predicted octanol–water partition coefficient (Wildman–Crippen LogP) is 2.71. The molecule has 0 aliphatic carbocycles. The highest BCUT2D eigenvalue weighted by molar-refractivity contribution is 7.20. The summed E-state index contributed by atoms with van der Waals surface area (Å²) < 4.78 is 0.933. The summed E-state index contributed by atoms with van der Waals surface area (Å²) in [4.78, 5) is 31.6. The molecule has 2 atom stereocenters. The molecule has 0 spiro atoms. The van der Waals surface area contributed by atoms with Crippen LogP contribution in [0.4, 0.5) is 0 Å². The van der Waals surface area contributed by atoms with Gasteiger partial charge in [-0.3, -0.25) is 19.5 Å². The normalized spacial score (nSPS) is 28.9. The molecule has 0 unspecified atom stereocenters. The summed E-state index contributed by atoms with van der Waals surface area (Å²) in [5.74, 6) is 0.507. The van der Waals surface area contributed by atoms with Crippen molar-refractivity contribution in [2.24, 2.45) is 5.92 Å². The van der Waals surface area contributed by atoms with Crippen molar-refractivity contribution in [3.63, 3.8) is 0 Å². The first-order valence-electron chi connectivity index (χ1n) is 8.48. The minimum Gasteiger partial charge on any atom is -0.346 e. The number of nitrogens with zero attached hydrogens (tertiary/aromatic N) is 2. The molecule has 24 heavy (non-hydrogen) atoms. The quantitative estimate of drug-likeness (QED) is 0.871. The third kappa shape index (κ3) is 2.63. The average molecular weight is 343 g/mol. The number of hydrogen-bond donors (Lipinski definition) is 1. The zero-order chi connectivity index (χ0) is 16.8. The van der Waals surface area contributed by atoms with E-state index in [2.05, 4.69) is 22.1 Å². The van der Waals surface area contributed by atoms with Crippen molar-refractivity contribution in [2.45, 2.75) is 38.8 Å². The van der Waals surface area contributed by atoms with E-state index in [0.717, 1.165) is 36.0 Å². The van der Waals surface area contributed by atoms with Gasteiger partial charge in [0.1, 0.15) is 5.69 Å². The summed E-state index contributed by atoms with van der Waals surface area (Å²) in [5, 5.41) is 4.12. The number of ketones is 1. The van der Waals surface area contributed by atoms with Gasteiger partial charge in [0, 0.05) is 28.4 Å². The van der Waals surface area contributed by atoms with Crippen molar-refractivity contribution < 1.29 is 9.59 Å². The molecule has 3 fully saturated rings. The molecule has 126 valence electrons. The van der Waals surface area contributed by atoms with Crippen LogP contribution in [0.1, 0.15) is 46.8 Å². The molecule has 5 nitrogen and oxygen atoms in total. The molecule has 6 heteroatoms. The topological polar surface area (TPSA) is 62.3 Å². The maximum atomic E-state index is 12.7. The SMILES string of the molecule is CC(=O)c1cc2cnc(C(=O)N[C@@H]3C4CCN(CC4)[C@H]3C)cc2s1. The Balaban J connectivity index is 1.56. The molecule has 3 aliphatic rings. The van der Waals surface area contributed by atoms with Gasteiger partial charge in [-0.25, -0.2) is 0 Å². The van der Waals surface area contributed by atoms with Gasteiger partial charge in [0.25, 0.3) is 5.91 Å². The van der Waals surface area contributed by atoms with E-state index < -0.39 is 0 Å². The monoisotopic (exact) mass is 343 g/mol. The minimum atomic E-state index is -0.111. The van der Waals surface area contributed by atoms with Gasteiger partial charge in [-0.15, -0.1) is 11.3 Å². The number of piperidine rings is 3. The van der Waals surface area contributed by atoms with E-state index in [1.165, 1.54) is 11.3 Å². The maximum Gasteiger partial charge on any atom is 0.270 e. The largest absolute Gasteiger partial charge is 0.346 e. The van der Waals surface area contributed by atoms with Gasteiger partial charge >= 0.3 is 0 Å². The molecule has 2 bridgehead atoms. The van der Waals surface area contributed by atoms with Gasteiger partial charge in [-0.05, 0) is 57.8 Å². The zero-order valence-electron chi connectivity index (χ0n) is 13.9. The number of nitrogens with one attached hydrogen (secondary N) is 1. The Kier molecular flexibility index (Phi) is 3.89. The molecule has 0 saturated carbocycles. The number of carbonyl (C=O) groups is 2. The first-order chi connectivity index (χ1) is 11.5. The van der Waals surface area contributed by atoms with E-state index in [1.54, 1.807) is 19.2 Å². The van der Waals surface area contributed by atoms with Crippen molar-refractivity contribution >= 4 is 33.1 Å². The lowest BCUT2D eigenvalue weighted by molar-refractivity contribution is 0.0216. The summed E-state index contributed by atoms with van der Waals surface area (Å²) >= 11 is 1.42. The minimum absolute atomic E-state index is 0.0447. The number of fused-ring (bicyclic) bond motifs is 4. The lowest BCUT2D eigenvalue weighted by Crippen LogP contribution is -2.62. The maximum absolute atomic E-state index is 12.7. The van der Waals surface area contributed by atoms with Gasteiger partial charge in [0.05, 0.1) is 4.88 Å². The third-order valence-corrected chi connectivity index (χ3v) is 6.66. The van der Waals surface area contributed by atoms with Crippen molar-refractivity contribution in [1.29, 1.82) is 0 Å². The van der Waals surface area contributed by atoms with Crippen molar-refractivity contribution in [2.75, 3.05) is 13.1 Å². The fourth-order valence-corrected chi connectivity index (χ4v) is 4.97. The van der Waals surface area contributed by atoms with E-state index in [-0.39, 0.29) is 17.7 Å². The highest BCUT2D eigenvalue weighted by Crippen LogP contribution is 2.32. The van der Waals surface area contributed by atoms with E-state index in [0.29, 0.717) is 22.5 Å². The number of thiophene rings is 1. The second-order valence-electron chi connectivity index (χ2n) is 6.89. The predicted molar refractivity (Wildman–Crippen MR) is 94.6 cm³/mol. The molecule has 1 amide bonds. The molecule has 0 aromatic carbocycles. The Morgan fingerprint density at radius 1 is 1.29 bits per heavy atom. The Labute approximate surface area is 145 Å². The highest BCUT2D eigenvalue weighted by Gasteiger charge is 2.40. The summed E-state index contributed by atoms with van der Waals surface area (Å²) in [6, 6.07) is 4.23. The van der Waals surface area contributed by atoms with Crippen LogP contribution < -0.4 is 5.32 Å². The second-order valence-corrected chi connectivity index (χ2v) is 7.97. The summed E-state index contributed by atoms with van der Waals surface area (Å²) in [5.41, 5.74) is 0.433. The van der Waals surface area contributed by atoms with Crippen LogP contribution >= 0.6 is 11.3 Å². The molecule has 3 saturated heterocycles. The summed E-state index contributed by atoms with van der Waals surface area (Å²) in [7, 11) is 0. The van der Waals surface area contributed by atoms with Crippen LogP contribution in [-0.2, 0) is 0 Å². The third-order valence-electron chi connectivity index (χ3n) is 5.46. The highest BCUT2D eigenvalue weighted by atomic mass is 32.1. The van der Waals surface area contributed by atoms with Crippen LogP contribution in [0.5, 0.6) is 0 Å². The molecular weight excluding hydrogens is 322 g/mol. The van der Waals surface area contributed by atoms with E-state index >= 15 is 0 Å². The Morgan fingerprint density at radius 2 is 2.04 bits per heavy atom. The van der Waals surface area contributed by atoms with Crippen LogP contribution in [0.15, 0.2) is 18.3 Å². The van der Waals surface area contributed by atoms with Crippen molar-refractivity contribution in [3.05, 3.63) is 28.9 Å². The number of amides is 1. The van der Waals surface area contributed by atoms with Gasteiger partial charge in [-0.2, -0.15) is 0 Å². The molecule has 5 heterocycles. The fraction of sp³-hybridized carbons (Fsp3) is 0.500. The zero-order valence-corrected chi connectivity index (χ0v) is 14.7. The molecule has 0 radical (unpaired) electrons. The van der Waals surface area contributed by atoms with Crippen molar-refractivity contribution in [3.8, 4) is 0 Å². The molecule has 2 aromatic rings. The molecular formula is C18H21N3O2S. The Hall–Kier alpha value is -1.79. The average Bonchev–Trinajstić information content (AvgIpc) is 3.02. The van der Waals surface area contributed by atoms with Crippen LogP contribution in [-0.4, -0.2) is 46.7 Å². The lowest BCUT2D eigenvalue weighted by Gasteiger charge is -2.49. The Morgan fingerprint density at radius 3 is 2.71 bits per heavy atom. The number of pyridine rings is 1. The van der Waals surface area contributed by atoms with Crippen LogP contribution in [0.2, 0.25) is 0 Å². The Bertz CT molecular complexity index is 806. The smallest absolute Gasteiger partial charge is 0.270 e. The molecule has 1 N–H and O–H groups in total. The van der Waals surface area contributed by atoms with E-state index in [1.807, 2.05) is 6.07 Å². The van der Waals surface area contributed by atoms with Gasteiger partial charge in [0.15, 0.2) is 5.78 Å². The summed E-state index contributed by atoms with van der Waals surface area (Å²) in [6.07, 6.45) is 4.01. The van der Waals surface area contributed by atoms with Gasteiger partial charge < -0.3 is 5.32 Å². The first-order valence-corrected chi connectivity index (χ1v) is 9.30. The van der Waals surface area contributed by atoms with Crippen LogP contribution in [0, 0.1) is 5.92 Å². The number of hydrogen-bond acceptors (Lipinski definition) is 5. The number of carbonyl (C=O) groups excluding carboxylic acids is 2. The van der Waals surface area contributed by atoms with Gasteiger partial charge in [0.2, 0.25) is 0 Å². The van der Waals surface area contributed by atoms with Crippen LogP contribution in [0.3, 0.4) is 0 Å². The molecule has 3 aliphatic heterocycles. The van der Waals surface area contributed by atoms with Crippen LogP contribution in [0.25, 0.3) is 10.1 Å². The number of rotatable bonds is 3. The molecule has 2 aromatic heterocycles. The molecule has 5 rings (SSSR count). The van der Waals surface area contributed by atoms with E-state index in [4.69, 9.17) is 0 Å². The summed E-state index contributed by atoms with van der Waals surface area (Å²) in [6.45, 7) is 6.04.